The molecule has 11 heteroatoms. The summed E-state index contributed by atoms with van der Waals surface area (Å²) in [5.41, 5.74) is 3.74. The lowest BCUT2D eigenvalue weighted by Gasteiger charge is -2.23. The maximum absolute atomic E-state index is 11.7. The van der Waals surface area contributed by atoms with E-state index in [1.807, 2.05) is 24.0 Å². The molecule has 0 saturated carbocycles. The normalized spacial score (nSPS) is 15.3. The lowest BCUT2D eigenvalue weighted by molar-refractivity contribution is -0.0367. The standard InChI is InChI=1S/C28H30IN5O5/c1-4-22-19-15-23(30-17-24(19)34(32-22)26-8-5-6-11-38-26)20-16-31-33(2)27(20)39-13-7-12-37-25-10-9-18(14-21(25)29)28(35)36-3/h4,9-10,14-17,26H,1,5-8,11-13H2,2-3H3. The van der Waals surface area contributed by atoms with Crippen LogP contribution in [0.5, 0.6) is 11.6 Å². The molecule has 3 aromatic heterocycles. The molecule has 5 rings (SSSR count). The molecular formula is C28H30IN5O5. The van der Waals surface area contributed by atoms with Gasteiger partial charge in [-0.2, -0.15) is 10.2 Å². The van der Waals surface area contributed by atoms with Gasteiger partial charge in [-0.05, 0) is 72.2 Å². The number of hydrogen-bond donors (Lipinski definition) is 0. The number of nitrogens with zero attached hydrogens (tertiary/aromatic N) is 5. The van der Waals surface area contributed by atoms with Crippen LogP contribution in [0.25, 0.3) is 28.2 Å². The van der Waals surface area contributed by atoms with Gasteiger partial charge in [-0.25, -0.2) is 14.2 Å². The van der Waals surface area contributed by atoms with E-state index < -0.39 is 0 Å². The Balaban J connectivity index is 1.26. The van der Waals surface area contributed by atoms with Crippen LogP contribution in [0.15, 0.2) is 43.2 Å². The first-order valence-electron chi connectivity index (χ1n) is 12.8. The van der Waals surface area contributed by atoms with Gasteiger partial charge in [0.05, 0.1) is 64.3 Å². The van der Waals surface area contributed by atoms with Crippen LogP contribution in [0.4, 0.5) is 0 Å². The molecule has 1 unspecified atom stereocenters. The minimum absolute atomic E-state index is 0.0869. The van der Waals surface area contributed by atoms with E-state index >= 15 is 0 Å². The van der Waals surface area contributed by atoms with E-state index in [4.69, 9.17) is 29.0 Å². The highest BCUT2D eigenvalue weighted by Gasteiger charge is 2.22. The summed E-state index contributed by atoms with van der Waals surface area (Å²) in [7, 11) is 3.20. The van der Waals surface area contributed by atoms with E-state index in [1.54, 1.807) is 35.2 Å². The fourth-order valence-electron chi connectivity index (χ4n) is 4.54. The zero-order chi connectivity index (χ0) is 27.4. The van der Waals surface area contributed by atoms with Gasteiger partial charge in [0, 0.05) is 25.5 Å². The van der Waals surface area contributed by atoms with E-state index in [0.29, 0.717) is 36.8 Å². The van der Waals surface area contributed by atoms with E-state index in [0.717, 1.165) is 57.3 Å². The molecule has 1 atom stereocenters. The van der Waals surface area contributed by atoms with Crippen molar-refractivity contribution in [3.63, 3.8) is 0 Å². The Labute approximate surface area is 240 Å². The molecule has 10 nitrogen and oxygen atoms in total. The Kier molecular flexibility index (Phi) is 8.46. The van der Waals surface area contributed by atoms with Gasteiger partial charge >= 0.3 is 5.97 Å². The predicted molar refractivity (Wildman–Crippen MR) is 155 cm³/mol. The molecule has 204 valence electrons. The molecular weight excluding hydrogens is 613 g/mol. The predicted octanol–water partition coefficient (Wildman–Crippen LogP) is 5.41. The average Bonchev–Trinajstić information content (AvgIpc) is 3.53. The van der Waals surface area contributed by atoms with E-state index in [2.05, 4.69) is 34.3 Å². The molecule has 0 bridgehead atoms. The monoisotopic (exact) mass is 643 g/mol. The average molecular weight is 643 g/mol. The summed E-state index contributed by atoms with van der Waals surface area (Å²) in [6.07, 6.45) is 9.04. The van der Waals surface area contributed by atoms with Gasteiger partial charge in [0.2, 0.25) is 5.88 Å². The van der Waals surface area contributed by atoms with Gasteiger partial charge < -0.3 is 18.9 Å². The highest BCUT2D eigenvalue weighted by atomic mass is 127. The van der Waals surface area contributed by atoms with E-state index in [1.165, 1.54) is 7.11 Å². The Bertz CT molecular complexity index is 1490. The van der Waals surface area contributed by atoms with Crippen LogP contribution >= 0.6 is 22.6 Å². The van der Waals surface area contributed by atoms with Crippen molar-refractivity contribution in [2.24, 2.45) is 7.05 Å². The summed E-state index contributed by atoms with van der Waals surface area (Å²) in [5.74, 6) is 0.961. The number of halogens is 1. The summed E-state index contributed by atoms with van der Waals surface area (Å²) in [6, 6.07) is 7.21. The molecule has 1 aliphatic rings. The number of aryl methyl sites for hydroxylation is 1. The van der Waals surface area contributed by atoms with Crippen LogP contribution in [0.2, 0.25) is 0 Å². The lowest BCUT2D eigenvalue weighted by atomic mass is 10.1. The quantitative estimate of drug-likeness (QED) is 0.128. The fraction of sp³-hybridized carbons (Fsp3) is 0.357. The third kappa shape index (κ3) is 5.78. The Hall–Kier alpha value is -3.45. The van der Waals surface area contributed by atoms with Crippen LogP contribution in [0.1, 0.15) is 48.0 Å². The minimum atomic E-state index is -0.374. The number of fused-ring (bicyclic) bond motifs is 1. The van der Waals surface area contributed by atoms with E-state index in [-0.39, 0.29) is 12.2 Å². The SMILES string of the molecule is C=Cc1nn(C2CCCCO2)c2cnc(-c3cnn(C)c3OCCCOc3ccc(C(=O)OC)cc3I)cc12. The number of hydrogen-bond acceptors (Lipinski definition) is 8. The second-order valence-electron chi connectivity index (χ2n) is 9.12. The summed E-state index contributed by atoms with van der Waals surface area (Å²) < 4.78 is 27.2. The van der Waals surface area contributed by atoms with Crippen molar-refractivity contribution >= 4 is 45.5 Å². The molecule has 0 spiro atoms. The van der Waals surface area contributed by atoms with Crippen molar-refractivity contribution in [1.82, 2.24) is 24.5 Å². The lowest BCUT2D eigenvalue weighted by Crippen LogP contribution is -2.19. The Morgan fingerprint density at radius 2 is 2.08 bits per heavy atom. The molecule has 4 aromatic rings. The molecule has 1 fully saturated rings. The number of carbonyl (C=O) groups excluding carboxylic acids is 1. The van der Waals surface area contributed by atoms with Crippen LogP contribution in [0.3, 0.4) is 0 Å². The third-order valence-corrected chi connectivity index (χ3v) is 7.38. The number of benzene rings is 1. The number of pyridine rings is 1. The molecule has 39 heavy (non-hydrogen) atoms. The van der Waals surface area contributed by atoms with Gasteiger partial charge in [0.15, 0.2) is 6.23 Å². The van der Waals surface area contributed by atoms with Crippen molar-refractivity contribution in [3.05, 3.63) is 58.1 Å². The number of aromatic nitrogens is 5. The zero-order valence-electron chi connectivity index (χ0n) is 21.9. The van der Waals surface area contributed by atoms with Gasteiger partial charge in [0.1, 0.15) is 5.75 Å². The van der Waals surface area contributed by atoms with Gasteiger partial charge in [-0.3, -0.25) is 4.98 Å². The fourth-order valence-corrected chi connectivity index (χ4v) is 5.21. The molecule has 1 aromatic carbocycles. The topological polar surface area (TPSA) is 103 Å². The van der Waals surface area contributed by atoms with Crippen LogP contribution in [-0.4, -0.2) is 57.4 Å². The molecule has 0 aliphatic carbocycles. The zero-order valence-corrected chi connectivity index (χ0v) is 24.1. The van der Waals surface area contributed by atoms with Crippen LogP contribution in [0, 0.1) is 3.57 Å². The minimum Gasteiger partial charge on any atom is -0.492 e. The maximum Gasteiger partial charge on any atom is 0.337 e. The second kappa shape index (κ2) is 12.2. The summed E-state index contributed by atoms with van der Waals surface area (Å²) in [6.45, 7) is 5.58. The first kappa shape index (κ1) is 27.1. The van der Waals surface area contributed by atoms with E-state index in [9.17, 15) is 4.79 Å². The number of carbonyl (C=O) groups is 1. The first-order chi connectivity index (χ1) is 19.0. The molecule has 0 radical (unpaired) electrons. The van der Waals surface area contributed by atoms with Crippen molar-refractivity contribution < 1.29 is 23.7 Å². The molecule has 1 saturated heterocycles. The number of ether oxygens (including phenoxy) is 4. The third-order valence-electron chi connectivity index (χ3n) is 6.54. The second-order valence-corrected chi connectivity index (χ2v) is 10.3. The van der Waals surface area contributed by atoms with Gasteiger partial charge in [-0.15, -0.1) is 0 Å². The van der Waals surface area contributed by atoms with Crippen molar-refractivity contribution in [3.8, 4) is 22.9 Å². The number of esters is 1. The molecule has 4 heterocycles. The van der Waals surface area contributed by atoms with Crippen molar-refractivity contribution in [2.75, 3.05) is 26.9 Å². The van der Waals surface area contributed by atoms with Crippen molar-refractivity contribution in [1.29, 1.82) is 0 Å². The first-order valence-corrected chi connectivity index (χ1v) is 13.9. The highest BCUT2D eigenvalue weighted by molar-refractivity contribution is 14.1. The van der Waals surface area contributed by atoms with Crippen LogP contribution < -0.4 is 9.47 Å². The largest absolute Gasteiger partial charge is 0.492 e. The van der Waals surface area contributed by atoms with Crippen LogP contribution in [-0.2, 0) is 16.5 Å². The Morgan fingerprint density at radius 3 is 2.82 bits per heavy atom. The molecule has 0 N–H and O–H groups in total. The maximum atomic E-state index is 11.7. The molecule has 0 amide bonds. The highest BCUT2D eigenvalue weighted by Crippen LogP contribution is 2.33. The molecule has 1 aliphatic heterocycles. The summed E-state index contributed by atoms with van der Waals surface area (Å²) in [4.78, 5) is 16.4. The smallest absolute Gasteiger partial charge is 0.337 e. The Morgan fingerprint density at radius 1 is 1.23 bits per heavy atom. The van der Waals surface area contributed by atoms with Gasteiger partial charge in [0.25, 0.3) is 0 Å². The number of rotatable bonds is 10. The summed E-state index contributed by atoms with van der Waals surface area (Å²) in [5, 5.41) is 10.1. The van der Waals surface area contributed by atoms with Gasteiger partial charge in [-0.1, -0.05) is 6.58 Å². The summed E-state index contributed by atoms with van der Waals surface area (Å²) >= 11 is 2.14. The van der Waals surface area contributed by atoms with Crippen molar-refractivity contribution in [2.45, 2.75) is 31.9 Å². The number of methoxy groups -OCH3 is 1.